The maximum atomic E-state index is 11.6. The number of nitro groups is 1. The Morgan fingerprint density at radius 3 is 2.48 bits per heavy atom. The Morgan fingerprint density at radius 1 is 1.43 bits per heavy atom. The monoisotopic (exact) mass is 295 g/mol. The predicted molar refractivity (Wildman–Crippen MR) is 76.4 cm³/mol. The standard InChI is InChI=1S/C13H17N3O5/c1-4-13(2,12(18)19)15-9-7-8(11(17)14-3)5-6-10(9)16(20)21/h5-7,15H,4H2,1-3H3,(H,14,17)(H,18,19). The molecule has 0 aliphatic heterocycles. The van der Waals surface area contributed by atoms with Gasteiger partial charge in [0.25, 0.3) is 11.6 Å². The zero-order chi connectivity index (χ0) is 16.2. The summed E-state index contributed by atoms with van der Waals surface area (Å²) in [6, 6.07) is 3.75. The van der Waals surface area contributed by atoms with Crippen molar-refractivity contribution in [2.45, 2.75) is 25.8 Å². The number of nitrogens with one attached hydrogen (secondary N) is 2. The smallest absolute Gasteiger partial charge is 0.329 e. The second kappa shape index (κ2) is 6.21. The zero-order valence-electron chi connectivity index (χ0n) is 12.0. The van der Waals surface area contributed by atoms with Crippen LogP contribution in [0, 0.1) is 10.1 Å². The second-order valence-corrected chi connectivity index (χ2v) is 4.68. The summed E-state index contributed by atoms with van der Waals surface area (Å²) >= 11 is 0. The van der Waals surface area contributed by atoms with Gasteiger partial charge in [-0.3, -0.25) is 14.9 Å². The van der Waals surface area contributed by atoms with E-state index in [1.807, 2.05) is 0 Å². The molecule has 1 unspecified atom stereocenters. The summed E-state index contributed by atoms with van der Waals surface area (Å²) in [5.74, 6) is -1.55. The third-order valence-electron chi connectivity index (χ3n) is 3.27. The fraction of sp³-hybridized carbons (Fsp3) is 0.385. The van der Waals surface area contributed by atoms with Crippen LogP contribution in [-0.2, 0) is 4.79 Å². The van der Waals surface area contributed by atoms with Gasteiger partial charge in [-0.15, -0.1) is 0 Å². The number of carbonyl (C=O) groups excluding carboxylic acids is 1. The summed E-state index contributed by atoms with van der Waals surface area (Å²) in [5.41, 5.74) is -1.46. The van der Waals surface area contributed by atoms with E-state index in [-0.39, 0.29) is 23.4 Å². The summed E-state index contributed by atoms with van der Waals surface area (Å²) in [4.78, 5) is 33.3. The largest absolute Gasteiger partial charge is 0.480 e. The van der Waals surface area contributed by atoms with Gasteiger partial charge < -0.3 is 15.7 Å². The summed E-state index contributed by atoms with van der Waals surface area (Å²) in [5, 5.41) is 25.3. The molecule has 1 atom stereocenters. The van der Waals surface area contributed by atoms with Crippen molar-refractivity contribution in [1.29, 1.82) is 0 Å². The van der Waals surface area contributed by atoms with Gasteiger partial charge in [0.05, 0.1) is 4.92 Å². The molecule has 0 aliphatic carbocycles. The number of hydrogen-bond donors (Lipinski definition) is 3. The van der Waals surface area contributed by atoms with Crippen molar-refractivity contribution in [3.63, 3.8) is 0 Å². The fourth-order valence-corrected chi connectivity index (χ4v) is 1.67. The molecule has 0 saturated heterocycles. The van der Waals surface area contributed by atoms with E-state index in [0.29, 0.717) is 0 Å². The van der Waals surface area contributed by atoms with E-state index in [1.54, 1.807) is 6.92 Å². The van der Waals surface area contributed by atoms with Crippen LogP contribution in [0.2, 0.25) is 0 Å². The highest BCUT2D eigenvalue weighted by Gasteiger charge is 2.33. The number of anilines is 1. The summed E-state index contributed by atoms with van der Waals surface area (Å²) < 4.78 is 0. The average molecular weight is 295 g/mol. The number of carboxylic acids is 1. The van der Waals surface area contributed by atoms with Gasteiger partial charge in [0, 0.05) is 18.7 Å². The Kier molecular flexibility index (Phi) is 4.85. The number of carbonyl (C=O) groups is 2. The number of carboxylic acid groups (broad SMARTS) is 1. The molecule has 0 radical (unpaired) electrons. The molecule has 8 heteroatoms. The normalized spacial score (nSPS) is 13.1. The maximum absolute atomic E-state index is 11.6. The van der Waals surface area contributed by atoms with Crippen molar-refractivity contribution < 1.29 is 19.6 Å². The molecule has 8 nitrogen and oxygen atoms in total. The van der Waals surface area contributed by atoms with Gasteiger partial charge in [-0.25, -0.2) is 4.79 Å². The molecule has 0 spiro atoms. The fourth-order valence-electron chi connectivity index (χ4n) is 1.67. The highest BCUT2D eigenvalue weighted by atomic mass is 16.6. The first-order valence-electron chi connectivity index (χ1n) is 6.27. The minimum absolute atomic E-state index is 0.00662. The van der Waals surface area contributed by atoms with Gasteiger partial charge in [0.2, 0.25) is 0 Å². The minimum Gasteiger partial charge on any atom is -0.480 e. The van der Waals surface area contributed by atoms with Crippen molar-refractivity contribution in [2.24, 2.45) is 0 Å². The average Bonchev–Trinajstić information content (AvgIpc) is 2.45. The highest BCUT2D eigenvalue weighted by Crippen LogP contribution is 2.29. The van der Waals surface area contributed by atoms with E-state index in [2.05, 4.69) is 10.6 Å². The topological polar surface area (TPSA) is 122 Å². The molecular weight excluding hydrogens is 278 g/mol. The molecule has 21 heavy (non-hydrogen) atoms. The van der Waals surface area contributed by atoms with E-state index < -0.39 is 22.3 Å². The van der Waals surface area contributed by atoms with Gasteiger partial charge in [-0.1, -0.05) is 6.92 Å². The second-order valence-electron chi connectivity index (χ2n) is 4.68. The Balaban J connectivity index is 3.33. The first kappa shape index (κ1) is 16.4. The molecule has 114 valence electrons. The van der Waals surface area contributed by atoms with Crippen LogP contribution in [0.5, 0.6) is 0 Å². The number of benzene rings is 1. The van der Waals surface area contributed by atoms with Crippen LogP contribution >= 0.6 is 0 Å². The Hall–Kier alpha value is -2.64. The molecule has 1 aromatic rings. The van der Waals surface area contributed by atoms with Gasteiger partial charge in [0.15, 0.2) is 0 Å². The van der Waals surface area contributed by atoms with Crippen LogP contribution in [0.15, 0.2) is 18.2 Å². The third kappa shape index (κ3) is 3.47. The van der Waals surface area contributed by atoms with E-state index in [1.165, 1.54) is 32.2 Å². The first-order chi connectivity index (χ1) is 9.75. The molecule has 0 saturated carbocycles. The minimum atomic E-state index is -1.37. The van der Waals surface area contributed by atoms with E-state index in [0.717, 1.165) is 0 Å². The maximum Gasteiger partial charge on any atom is 0.329 e. The molecule has 0 fully saturated rings. The van der Waals surface area contributed by atoms with Crippen LogP contribution in [0.4, 0.5) is 11.4 Å². The lowest BCUT2D eigenvalue weighted by atomic mass is 9.98. The number of hydrogen-bond acceptors (Lipinski definition) is 5. The highest BCUT2D eigenvalue weighted by molar-refractivity contribution is 5.96. The molecule has 0 heterocycles. The van der Waals surface area contributed by atoms with Crippen molar-refractivity contribution in [2.75, 3.05) is 12.4 Å². The van der Waals surface area contributed by atoms with Gasteiger partial charge in [0.1, 0.15) is 11.2 Å². The van der Waals surface area contributed by atoms with Crippen molar-refractivity contribution >= 4 is 23.3 Å². The number of rotatable bonds is 6. The predicted octanol–water partition coefficient (Wildman–Crippen LogP) is 1.62. The van der Waals surface area contributed by atoms with Crippen molar-refractivity contribution in [3.8, 4) is 0 Å². The SMILES string of the molecule is CCC(C)(Nc1cc(C(=O)NC)ccc1[N+](=O)[O-])C(=O)O. The Bertz CT molecular complexity index is 587. The molecule has 0 aromatic heterocycles. The van der Waals surface area contributed by atoms with E-state index >= 15 is 0 Å². The lowest BCUT2D eigenvalue weighted by Gasteiger charge is -2.25. The Morgan fingerprint density at radius 2 is 2.05 bits per heavy atom. The molecule has 1 amide bonds. The van der Waals surface area contributed by atoms with Crippen LogP contribution < -0.4 is 10.6 Å². The van der Waals surface area contributed by atoms with Gasteiger partial charge in [-0.05, 0) is 25.5 Å². The molecule has 1 rings (SSSR count). The van der Waals surface area contributed by atoms with Gasteiger partial charge >= 0.3 is 5.97 Å². The van der Waals surface area contributed by atoms with Crippen LogP contribution in [0.3, 0.4) is 0 Å². The van der Waals surface area contributed by atoms with Crippen LogP contribution in [-0.4, -0.2) is 34.5 Å². The lowest BCUT2D eigenvalue weighted by Crippen LogP contribution is -2.42. The van der Waals surface area contributed by atoms with Crippen LogP contribution in [0.1, 0.15) is 30.6 Å². The number of nitro benzene ring substituents is 1. The third-order valence-corrected chi connectivity index (χ3v) is 3.27. The zero-order valence-corrected chi connectivity index (χ0v) is 12.0. The number of amides is 1. The lowest BCUT2D eigenvalue weighted by molar-refractivity contribution is -0.384. The summed E-state index contributed by atoms with van der Waals surface area (Å²) in [6.45, 7) is 3.07. The molecular formula is C13H17N3O5. The Labute approximate surface area is 121 Å². The van der Waals surface area contributed by atoms with E-state index in [4.69, 9.17) is 0 Å². The van der Waals surface area contributed by atoms with Crippen molar-refractivity contribution in [3.05, 3.63) is 33.9 Å². The molecule has 1 aromatic carbocycles. The van der Waals surface area contributed by atoms with Gasteiger partial charge in [-0.2, -0.15) is 0 Å². The molecule has 0 aliphatic rings. The summed E-state index contributed by atoms with van der Waals surface area (Å²) in [7, 11) is 1.43. The van der Waals surface area contributed by atoms with Crippen LogP contribution in [0.25, 0.3) is 0 Å². The first-order valence-corrected chi connectivity index (χ1v) is 6.27. The van der Waals surface area contributed by atoms with E-state index in [9.17, 15) is 24.8 Å². The van der Waals surface area contributed by atoms with Crippen molar-refractivity contribution in [1.82, 2.24) is 5.32 Å². The number of aliphatic carboxylic acids is 1. The summed E-state index contributed by atoms with van der Waals surface area (Å²) in [6.07, 6.45) is 0.212. The quantitative estimate of drug-likeness (QED) is 0.541. The molecule has 0 bridgehead atoms. The number of nitrogens with zero attached hydrogens (tertiary/aromatic N) is 1. The molecule has 3 N–H and O–H groups in total.